The Bertz CT molecular complexity index is 855. The number of amides is 2. The maximum absolute atomic E-state index is 13.8. The molecule has 1 aliphatic heterocycles. The number of hydrogen-bond acceptors (Lipinski definition) is 3. The number of carbonyl (C=O) groups is 2. The summed E-state index contributed by atoms with van der Waals surface area (Å²) in [6, 6.07) is 11.0. The molecule has 1 N–H and O–H groups in total. The van der Waals surface area contributed by atoms with Crippen molar-refractivity contribution in [2.45, 2.75) is 0 Å². The van der Waals surface area contributed by atoms with Crippen LogP contribution >= 0.6 is 23.2 Å². The summed E-state index contributed by atoms with van der Waals surface area (Å²) in [4.78, 5) is 28.2. The Hall–Kier alpha value is -2.15. The molecule has 0 aromatic heterocycles. The van der Waals surface area contributed by atoms with Gasteiger partial charge in [0.15, 0.2) is 0 Å². The fraction of sp³-hybridized carbons (Fsp3) is 0.263. The number of benzene rings is 2. The number of hydrogen-bond donors (Lipinski definition) is 1. The average molecular weight is 410 g/mol. The number of rotatable bonds is 4. The highest BCUT2D eigenvalue weighted by Crippen LogP contribution is 2.29. The van der Waals surface area contributed by atoms with E-state index in [2.05, 4.69) is 5.32 Å². The lowest BCUT2D eigenvalue weighted by Crippen LogP contribution is -2.50. The van der Waals surface area contributed by atoms with Crippen LogP contribution in [0.15, 0.2) is 42.5 Å². The van der Waals surface area contributed by atoms with Crippen molar-refractivity contribution in [2.24, 2.45) is 0 Å². The number of carbonyl (C=O) groups excluding carboxylic acids is 2. The van der Waals surface area contributed by atoms with Crippen LogP contribution in [-0.2, 0) is 4.79 Å². The molecule has 0 spiro atoms. The van der Waals surface area contributed by atoms with Gasteiger partial charge in [-0.15, -0.1) is 0 Å². The molecular formula is C19H18Cl2FN3O2. The van der Waals surface area contributed by atoms with Crippen molar-refractivity contribution in [3.05, 3.63) is 63.9 Å². The lowest BCUT2D eigenvalue weighted by atomic mass is 10.1. The van der Waals surface area contributed by atoms with E-state index in [-0.39, 0.29) is 23.9 Å². The topological polar surface area (TPSA) is 52.7 Å². The summed E-state index contributed by atoms with van der Waals surface area (Å²) in [7, 11) is 0. The smallest absolute Gasteiger partial charge is 0.256 e. The Morgan fingerprint density at radius 2 is 1.70 bits per heavy atom. The highest BCUT2D eigenvalue weighted by atomic mass is 35.5. The van der Waals surface area contributed by atoms with E-state index in [1.807, 2.05) is 4.90 Å². The fourth-order valence-electron chi connectivity index (χ4n) is 2.91. The predicted molar refractivity (Wildman–Crippen MR) is 104 cm³/mol. The molecule has 0 saturated carbocycles. The summed E-state index contributed by atoms with van der Waals surface area (Å²) in [5.74, 6) is -1.07. The maximum atomic E-state index is 13.8. The van der Waals surface area contributed by atoms with Crippen molar-refractivity contribution in [2.75, 3.05) is 38.0 Å². The molecule has 142 valence electrons. The average Bonchev–Trinajstić information content (AvgIpc) is 2.66. The highest BCUT2D eigenvalue weighted by Gasteiger charge is 2.25. The number of piperazine rings is 1. The molecule has 2 amide bonds. The number of nitrogens with one attached hydrogen (secondary N) is 1. The molecule has 3 rings (SSSR count). The van der Waals surface area contributed by atoms with Gasteiger partial charge in [0.25, 0.3) is 5.91 Å². The third kappa shape index (κ3) is 4.77. The van der Waals surface area contributed by atoms with Gasteiger partial charge in [0, 0.05) is 26.2 Å². The van der Waals surface area contributed by atoms with Crippen LogP contribution in [0.4, 0.5) is 10.1 Å². The third-order valence-electron chi connectivity index (χ3n) is 4.36. The molecule has 27 heavy (non-hydrogen) atoms. The molecule has 1 saturated heterocycles. The van der Waals surface area contributed by atoms with Gasteiger partial charge >= 0.3 is 0 Å². The highest BCUT2D eigenvalue weighted by molar-refractivity contribution is 6.44. The van der Waals surface area contributed by atoms with Crippen LogP contribution in [0.3, 0.4) is 0 Å². The van der Waals surface area contributed by atoms with Crippen molar-refractivity contribution in [3.8, 4) is 0 Å². The lowest BCUT2D eigenvalue weighted by molar-refractivity contribution is -0.117. The third-order valence-corrected chi connectivity index (χ3v) is 5.18. The quantitative estimate of drug-likeness (QED) is 0.839. The molecule has 0 bridgehead atoms. The first-order chi connectivity index (χ1) is 13.0. The van der Waals surface area contributed by atoms with E-state index >= 15 is 0 Å². The van der Waals surface area contributed by atoms with Crippen molar-refractivity contribution in [1.29, 1.82) is 0 Å². The molecule has 5 nitrogen and oxygen atoms in total. The molecule has 0 unspecified atom stereocenters. The summed E-state index contributed by atoms with van der Waals surface area (Å²) in [5.41, 5.74) is 0.529. The Balaban J connectivity index is 1.52. The standard InChI is InChI=1S/C19H18Cl2FN3O2/c20-14-5-3-7-16(18(14)21)23-17(26)12-24-8-10-25(11-9-24)19(27)13-4-1-2-6-15(13)22/h1-7H,8-12H2,(H,23,26). The zero-order valence-corrected chi connectivity index (χ0v) is 15.9. The van der Waals surface area contributed by atoms with E-state index in [1.165, 1.54) is 12.1 Å². The van der Waals surface area contributed by atoms with Gasteiger partial charge in [-0.25, -0.2) is 4.39 Å². The maximum Gasteiger partial charge on any atom is 0.256 e. The van der Waals surface area contributed by atoms with E-state index in [1.54, 1.807) is 35.2 Å². The van der Waals surface area contributed by atoms with Crippen molar-refractivity contribution >= 4 is 40.7 Å². The number of anilines is 1. The van der Waals surface area contributed by atoms with Crippen LogP contribution in [-0.4, -0.2) is 54.3 Å². The second kappa shape index (κ2) is 8.69. The van der Waals surface area contributed by atoms with E-state index in [0.29, 0.717) is 41.9 Å². The van der Waals surface area contributed by atoms with Gasteiger partial charge in [0.05, 0.1) is 27.8 Å². The normalized spacial score (nSPS) is 14.9. The minimum atomic E-state index is -0.525. The molecule has 1 fully saturated rings. The van der Waals surface area contributed by atoms with E-state index in [9.17, 15) is 14.0 Å². The van der Waals surface area contributed by atoms with Gasteiger partial charge < -0.3 is 10.2 Å². The van der Waals surface area contributed by atoms with Gasteiger partial charge in [0.1, 0.15) is 5.82 Å². The van der Waals surface area contributed by atoms with E-state index in [4.69, 9.17) is 23.2 Å². The number of halogens is 3. The Morgan fingerprint density at radius 3 is 2.41 bits per heavy atom. The molecule has 8 heteroatoms. The Kier molecular flexibility index (Phi) is 6.31. The van der Waals surface area contributed by atoms with Gasteiger partial charge in [-0.3, -0.25) is 14.5 Å². The summed E-state index contributed by atoms with van der Waals surface area (Å²) in [5, 5.41) is 3.41. The van der Waals surface area contributed by atoms with E-state index in [0.717, 1.165) is 0 Å². The van der Waals surface area contributed by atoms with Crippen LogP contribution in [0.1, 0.15) is 10.4 Å². The minimum absolute atomic E-state index is 0.0688. The fourth-order valence-corrected chi connectivity index (χ4v) is 3.26. The summed E-state index contributed by atoms with van der Waals surface area (Å²) >= 11 is 12.0. The molecule has 0 atom stereocenters. The number of nitrogens with zero attached hydrogens (tertiary/aromatic N) is 2. The zero-order chi connectivity index (χ0) is 19.4. The monoisotopic (exact) mass is 409 g/mol. The van der Waals surface area contributed by atoms with Gasteiger partial charge in [-0.2, -0.15) is 0 Å². The summed E-state index contributed by atoms with van der Waals surface area (Å²) in [6.45, 7) is 2.08. The van der Waals surface area contributed by atoms with Crippen LogP contribution in [0.2, 0.25) is 10.0 Å². The largest absolute Gasteiger partial charge is 0.336 e. The second-order valence-corrected chi connectivity index (χ2v) is 6.98. The van der Waals surface area contributed by atoms with Gasteiger partial charge in [-0.05, 0) is 24.3 Å². The van der Waals surface area contributed by atoms with E-state index < -0.39 is 5.82 Å². The van der Waals surface area contributed by atoms with Crippen molar-refractivity contribution in [3.63, 3.8) is 0 Å². The molecular weight excluding hydrogens is 392 g/mol. The van der Waals surface area contributed by atoms with Crippen molar-refractivity contribution < 1.29 is 14.0 Å². The first kappa shape index (κ1) is 19.6. The SMILES string of the molecule is O=C(CN1CCN(C(=O)c2ccccc2F)CC1)Nc1cccc(Cl)c1Cl. The summed E-state index contributed by atoms with van der Waals surface area (Å²) < 4.78 is 13.8. The van der Waals surface area contributed by atoms with Crippen LogP contribution in [0.25, 0.3) is 0 Å². The van der Waals surface area contributed by atoms with Crippen LogP contribution in [0, 0.1) is 5.82 Å². The van der Waals surface area contributed by atoms with Gasteiger partial charge in [-0.1, -0.05) is 41.4 Å². The second-order valence-electron chi connectivity index (χ2n) is 6.20. The molecule has 0 aliphatic carbocycles. The molecule has 0 radical (unpaired) electrons. The molecule has 2 aromatic rings. The summed E-state index contributed by atoms with van der Waals surface area (Å²) in [6.07, 6.45) is 0. The van der Waals surface area contributed by atoms with Gasteiger partial charge in [0.2, 0.25) is 5.91 Å². The zero-order valence-electron chi connectivity index (χ0n) is 14.4. The molecule has 2 aromatic carbocycles. The van der Waals surface area contributed by atoms with Crippen molar-refractivity contribution in [1.82, 2.24) is 9.80 Å². The molecule has 1 heterocycles. The predicted octanol–water partition coefficient (Wildman–Crippen LogP) is 3.53. The van der Waals surface area contributed by atoms with Crippen LogP contribution in [0.5, 0.6) is 0 Å². The Labute approximate surface area is 166 Å². The first-order valence-electron chi connectivity index (χ1n) is 8.45. The first-order valence-corrected chi connectivity index (χ1v) is 9.21. The van der Waals surface area contributed by atoms with Crippen LogP contribution < -0.4 is 5.32 Å². The Morgan fingerprint density at radius 1 is 1.00 bits per heavy atom. The molecule has 1 aliphatic rings. The minimum Gasteiger partial charge on any atom is -0.336 e. The lowest BCUT2D eigenvalue weighted by Gasteiger charge is -2.34.